The number of nitrogens with one attached hydrogen (secondary N) is 1. The average Bonchev–Trinajstić information content (AvgIpc) is 2.54. The van der Waals surface area contributed by atoms with Crippen LogP contribution in [0.3, 0.4) is 0 Å². The maximum Gasteiger partial charge on any atom is 0.0479 e. The summed E-state index contributed by atoms with van der Waals surface area (Å²) in [5.74, 6) is 1.59. The number of nitrogen functional groups attached to an aromatic ring is 1. The Morgan fingerprint density at radius 1 is 1.31 bits per heavy atom. The minimum absolute atomic E-state index is 0.618. The summed E-state index contributed by atoms with van der Waals surface area (Å²) >= 11 is 2.34. The SMILES string of the molecule is CC1CCC(Nc2ccc(N)cc2I)C1C. The summed E-state index contributed by atoms with van der Waals surface area (Å²) < 4.78 is 1.21. The largest absolute Gasteiger partial charge is 0.399 e. The quantitative estimate of drug-likeness (QED) is 0.641. The molecule has 0 aromatic heterocycles. The molecular formula is C13H19IN2. The van der Waals surface area contributed by atoms with Crippen LogP contribution in [0.15, 0.2) is 18.2 Å². The molecule has 1 aromatic carbocycles. The van der Waals surface area contributed by atoms with Gasteiger partial charge >= 0.3 is 0 Å². The zero-order valence-corrected chi connectivity index (χ0v) is 12.0. The molecule has 3 unspecified atom stereocenters. The van der Waals surface area contributed by atoms with Crippen LogP contribution in [-0.4, -0.2) is 6.04 Å². The summed E-state index contributed by atoms with van der Waals surface area (Å²) in [6.07, 6.45) is 2.62. The molecule has 0 spiro atoms. The Kier molecular flexibility index (Phi) is 3.62. The van der Waals surface area contributed by atoms with E-state index in [-0.39, 0.29) is 0 Å². The normalized spacial score (nSPS) is 29.3. The number of benzene rings is 1. The van der Waals surface area contributed by atoms with Crippen LogP contribution in [0.5, 0.6) is 0 Å². The van der Waals surface area contributed by atoms with E-state index >= 15 is 0 Å². The van der Waals surface area contributed by atoms with Gasteiger partial charge in [0.2, 0.25) is 0 Å². The lowest BCUT2D eigenvalue weighted by atomic mass is 9.97. The summed E-state index contributed by atoms with van der Waals surface area (Å²) in [7, 11) is 0. The smallest absolute Gasteiger partial charge is 0.0479 e. The first-order valence-corrected chi connectivity index (χ1v) is 6.97. The third-order valence-corrected chi connectivity index (χ3v) is 4.69. The highest BCUT2D eigenvalue weighted by Gasteiger charge is 2.29. The van der Waals surface area contributed by atoms with E-state index in [4.69, 9.17) is 5.73 Å². The number of anilines is 2. The maximum absolute atomic E-state index is 5.75. The molecule has 0 amide bonds. The van der Waals surface area contributed by atoms with Gasteiger partial charge in [-0.3, -0.25) is 0 Å². The van der Waals surface area contributed by atoms with Gasteiger partial charge in [-0.25, -0.2) is 0 Å². The Bertz CT molecular complexity index is 378. The van der Waals surface area contributed by atoms with Crippen molar-refractivity contribution in [3.63, 3.8) is 0 Å². The second-order valence-electron chi connectivity index (χ2n) is 4.90. The monoisotopic (exact) mass is 330 g/mol. The molecule has 1 fully saturated rings. The molecule has 16 heavy (non-hydrogen) atoms. The summed E-state index contributed by atoms with van der Waals surface area (Å²) in [5.41, 5.74) is 7.81. The highest BCUT2D eigenvalue weighted by atomic mass is 127. The Morgan fingerprint density at radius 3 is 2.62 bits per heavy atom. The van der Waals surface area contributed by atoms with Crippen molar-refractivity contribution in [1.82, 2.24) is 0 Å². The fraction of sp³-hybridized carbons (Fsp3) is 0.538. The fourth-order valence-corrected chi connectivity index (χ4v) is 3.11. The molecule has 0 aliphatic heterocycles. The molecule has 88 valence electrons. The number of halogens is 1. The van der Waals surface area contributed by atoms with Crippen molar-refractivity contribution >= 4 is 34.0 Å². The van der Waals surface area contributed by atoms with Crippen molar-refractivity contribution < 1.29 is 0 Å². The number of hydrogen-bond acceptors (Lipinski definition) is 2. The summed E-state index contributed by atoms with van der Waals surface area (Å²) in [6, 6.07) is 6.69. The zero-order chi connectivity index (χ0) is 11.7. The molecule has 3 N–H and O–H groups in total. The van der Waals surface area contributed by atoms with E-state index in [1.165, 1.54) is 22.1 Å². The lowest BCUT2D eigenvalue weighted by molar-refractivity contribution is 0.435. The summed E-state index contributed by atoms with van der Waals surface area (Å²) in [5, 5.41) is 3.65. The Morgan fingerprint density at radius 2 is 2.06 bits per heavy atom. The van der Waals surface area contributed by atoms with Gasteiger partial charge in [-0.15, -0.1) is 0 Å². The van der Waals surface area contributed by atoms with E-state index in [2.05, 4.69) is 47.8 Å². The first-order chi connectivity index (χ1) is 7.58. The topological polar surface area (TPSA) is 38.0 Å². The van der Waals surface area contributed by atoms with Crippen molar-refractivity contribution in [2.24, 2.45) is 11.8 Å². The molecule has 0 saturated heterocycles. The van der Waals surface area contributed by atoms with E-state index in [9.17, 15) is 0 Å². The van der Waals surface area contributed by atoms with Gasteiger partial charge in [-0.2, -0.15) is 0 Å². The van der Waals surface area contributed by atoms with Gasteiger partial charge in [0.15, 0.2) is 0 Å². The molecule has 0 bridgehead atoms. The van der Waals surface area contributed by atoms with E-state index in [1.807, 2.05) is 12.1 Å². The molecule has 1 saturated carbocycles. The maximum atomic E-state index is 5.75. The zero-order valence-electron chi connectivity index (χ0n) is 9.83. The van der Waals surface area contributed by atoms with E-state index in [0.29, 0.717) is 6.04 Å². The molecule has 0 radical (unpaired) electrons. The third-order valence-electron chi connectivity index (χ3n) is 3.80. The molecular weight excluding hydrogens is 311 g/mol. The predicted molar refractivity (Wildman–Crippen MR) is 78.5 cm³/mol. The van der Waals surface area contributed by atoms with Crippen molar-refractivity contribution in [3.8, 4) is 0 Å². The van der Waals surface area contributed by atoms with Gasteiger partial charge in [0.05, 0.1) is 0 Å². The average molecular weight is 330 g/mol. The van der Waals surface area contributed by atoms with Gasteiger partial charge in [-0.1, -0.05) is 13.8 Å². The third kappa shape index (κ3) is 2.44. The highest BCUT2D eigenvalue weighted by molar-refractivity contribution is 14.1. The van der Waals surface area contributed by atoms with Gasteiger partial charge < -0.3 is 11.1 Å². The minimum Gasteiger partial charge on any atom is -0.399 e. The number of rotatable bonds is 2. The minimum atomic E-state index is 0.618. The van der Waals surface area contributed by atoms with Gasteiger partial charge in [0.1, 0.15) is 0 Å². The van der Waals surface area contributed by atoms with Crippen molar-refractivity contribution in [2.75, 3.05) is 11.1 Å². The highest BCUT2D eigenvalue weighted by Crippen LogP contribution is 2.34. The molecule has 1 aromatic rings. The lowest BCUT2D eigenvalue weighted by Gasteiger charge is -2.21. The van der Waals surface area contributed by atoms with E-state index < -0.39 is 0 Å². The van der Waals surface area contributed by atoms with Gasteiger partial charge in [-0.05, 0) is 65.5 Å². The predicted octanol–water partition coefficient (Wildman–Crippen LogP) is 3.72. The second-order valence-corrected chi connectivity index (χ2v) is 6.07. The summed E-state index contributed by atoms with van der Waals surface area (Å²) in [4.78, 5) is 0. The number of nitrogens with two attached hydrogens (primary N) is 1. The standard InChI is InChI=1S/C13H19IN2/c1-8-3-5-12(9(8)2)16-13-6-4-10(15)7-11(13)14/h4,6-9,12,16H,3,5,15H2,1-2H3. The Hall–Kier alpha value is -0.450. The first kappa shape index (κ1) is 12.0. The number of hydrogen-bond donors (Lipinski definition) is 2. The van der Waals surface area contributed by atoms with Crippen LogP contribution in [-0.2, 0) is 0 Å². The first-order valence-electron chi connectivity index (χ1n) is 5.89. The van der Waals surface area contributed by atoms with Crippen LogP contribution in [0, 0.1) is 15.4 Å². The van der Waals surface area contributed by atoms with Crippen LogP contribution < -0.4 is 11.1 Å². The molecule has 3 atom stereocenters. The van der Waals surface area contributed by atoms with Crippen molar-refractivity contribution in [2.45, 2.75) is 32.7 Å². The summed E-state index contributed by atoms with van der Waals surface area (Å²) in [6.45, 7) is 4.69. The van der Waals surface area contributed by atoms with Crippen molar-refractivity contribution in [3.05, 3.63) is 21.8 Å². The van der Waals surface area contributed by atoms with Gasteiger partial charge in [0, 0.05) is 21.0 Å². The van der Waals surface area contributed by atoms with Gasteiger partial charge in [0.25, 0.3) is 0 Å². The molecule has 1 aliphatic rings. The van der Waals surface area contributed by atoms with Crippen LogP contribution in [0.4, 0.5) is 11.4 Å². The van der Waals surface area contributed by atoms with Crippen molar-refractivity contribution in [1.29, 1.82) is 0 Å². The van der Waals surface area contributed by atoms with E-state index in [1.54, 1.807) is 0 Å². The van der Waals surface area contributed by atoms with Crippen LogP contribution in [0.2, 0.25) is 0 Å². The van der Waals surface area contributed by atoms with Crippen LogP contribution >= 0.6 is 22.6 Å². The Balaban J connectivity index is 2.09. The Labute approximate surface area is 111 Å². The second kappa shape index (κ2) is 4.82. The molecule has 2 nitrogen and oxygen atoms in total. The molecule has 1 aliphatic carbocycles. The fourth-order valence-electron chi connectivity index (χ4n) is 2.42. The molecule has 3 heteroatoms. The lowest BCUT2D eigenvalue weighted by Crippen LogP contribution is -2.24. The molecule has 2 rings (SSSR count). The van der Waals surface area contributed by atoms with Crippen LogP contribution in [0.1, 0.15) is 26.7 Å². The molecule has 0 heterocycles. The van der Waals surface area contributed by atoms with E-state index in [0.717, 1.165) is 17.5 Å². The van der Waals surface area contributed by atoms with Crippen LogP contribution in [0.25, 0.3) is 0 Å².